The van der Waals surface area contributed by atoms with Gasteiger partial charge >= 0.3 is 0 Å². The standard InChI is InChI=1S/C18H26O3/c1-11-12(2)21-13(3)18(11)16(19)10-14-8-9-20-17-7-5-4-6-15(14)17/h4-7,11-14,16,18-19H,8-10H2,1-3H3. The van der Waals surface area contributed by atoms with Gasteiger partial charge in [0, 0.05) is 5.92 Å². The lowest BCUT2D eigenvalue weighted by Gasteiger charge is -2.31. The van der Waals surface area contributed by atoms with Gasteiger partial charge in [-0.1, -0.05) is 25.1 Å². The van der Waals surface area contributed by atoms with E-state index in [2.05, 4.69) is 32.9 Å². The molecule has 6 unspecified atom stereocenters. The quantitative estimate of drug-likeness (QED) is 0.927. The first kappa shape index (κ1) is 14.9. The highest BCUT2D eigenvalue weighted by Gasteiger charge is 2.42. The van der Waals surface area contributed by atoms with E-state index >= 15 is 0 Å². The maximum absolute atomic E-state index is 10.8. The van der Waals surface area contributed by atoms with E-state index in [1.54, 1.807) is 0 Å². The third-order valence-electron chi connectivity index (χ3n) is 5.37. The van der Waals surface area contributed by atoms with Crippen molar-refractivity contribution in [1.82, 2.24) is 0 Å². The fourth-order valence-corrected chi connectivity index (χ4v) is 4.07. The molecule has 0 amide bonds. The molecule has 2 aliphatic rings. The molecule has 0 aliphatic carbocycles. The fourth-order valence-electron chi connectivity index (χ4n) is 4.07. The average Bonchev–Trinajstić information content (AvgIpc) is 2.72. The summed E-state index contributed by atoms with van der Waals surface area (Å²) in [7, 11) is 0. The van der Waals surface area contributed by atoms with Gasteiger partial charge in [0.05, 0.1) is 24.9 Å². The highest BCUT2D eigenvalue weighted by Crippen LogP contribution is 2.41. The predicted octanol–water partition coefficient (Wildman–Crippen LogP) is 3.36. The summed E-state index contributed by atoms with van der Waals surface area (Å²) in [5.41, 5.74) is 1.25. The fraction of sp³-hybridized carbons (Fsp3) is 0.667. The summed E-state index contributed by atoms with van der Waals surface area (Å²) in [5.74, 6) is 2.01. The van der Waals surface area contributed by atoms with Crippen molar-refractivity contribution >= 4 is 0 Å². The summed E-state index contributed by atoms with van der Waals surface area (Å²) in [6, 6.07) is 8.22. The number of hydrogen-bond acceptors (Lipinski definition) is 3. The molecule has 3 rings (SSSR count). The van der Waals surface area contributed by atoms with E-state index in [4.69, 9.17) is 9.47 Å². The number of fused-ring (bicyclic) bond motifs is 1. The average molecular weight is 290 g/mol. The molecule has 0 spiro atoms. The summed E-state index contributed by atoms with van der Waals surface area (Å²) in [4.78, 5) is 0. The Morgan fingerprint density at radius 3 is 2.67 bits per heavy atom. The zero-order chi connectivity index (χ0) is 15.0. The largest absolute Gasteiger partial charge is 0.493 e. The van der Waals surface area contributed by atoms with Gasteiger partial charge in [0.15, 0.2) is 0 Å². The Morgan fingerprint density at radius 2 is 1.95 bits per heavy atom. The minimum Gasteiger partial charge on any atom is -0.493 e. The van der Waals surface area contributed by atoms with E-state index in [1.165, 1.54) is 5.56 Å². The first-order valence-corrected chi connectivity index (χ1v) is 8.13. The lowest BCUT2D eigenvalue weighted by molar-refractivity contribution is 0.0173. The molecule has 1 saturated heterocycles. The van der Waals surface area contributed by atoms with Gasteiger partial charge in [0.2, 0.25) is 0 Å². The van der Waals surface area contributed by atoms with E-state index < -0.39 is 0 Å². The second-order valence-electron chi connectivity index (χ2n) is 6.66. The van der Waals surface area contributed by atoms with E-state index in [0.717, 1.165) is 25.2 Å². The number of benzene rings is 1. The molecule has 1 fully saturated rings. The third-order valence-corrected chi connectivity index (χ3v) is 5.37. The Labute approximate surface area is 127 Å². The van der Waals surface area contributed by atoms with Gasteiger partial charge in [-0.2, -0.15) is 0 Å². The monoisotopic (exact) mass is 290 g/mol. The molecule has 1 N–H and O–H groups in total. The molecule has 2 heterocycles. The van der Waals surface area contributed by atoms with Gasteiger partial charge in [0.1, 0.15) is 5.75 Å². The number of ether oxygens (including phenoxy) is 2. The van der Waals surface area contributed by atoms with Crippen LogP contribution in [0.3, 0.4) is 0 Å². The van der Waals surface area contributed by atoms with Gasteiger partial charge in [0.25, 0.3) is 0 Å². The van der Waals surface area contributed by atoms with Crippen LogP contribution in [0.2, 0.25) is 0 Å². The first-order valence-electron chi connectivity index (χ1n) is 8.13. The van der Waals surface area contributed by atoms with Gasteiger partial charge in [-0.15, -0.1) is 0 Å². The zero-order valence-electron chi connectivity index (χ0n) is 13.2. The van der Waals surface area contributed by atoms with Gasteiger partial charge < -0.3 is 14.6 Å². The molecule has 0 aromatic heterocycles. The third kappa shape index (κ3) is 2.82. The minimum atomic E-state index is -0.309. The summed E-state index contributed by atoms with van der Waals surface area (Å²) in [6.45, 7) is 7.14. The molecule has 1 aromatic rings. The van der Waals surface area contributed by atoms with Crippen molar-refractivity contribution in [2.75, 3.05) is 6.61 Å². The van der Waals surface area contributed by atoms with Crippen molar-refractivity contribution in [3.8, 4) is 5.75 Å². The van der Waals surface area contributed by atoms with Crippen LogP contribution in [0.4, 0.5) is 0 Å². The SMILES string of the molecule is CC1OC(C)C(C(O)CC2CCOc3ccccc32)C1C. The smallest absolute Gasteiger partial charge is 0.122 e. The van der Waals surface area contributed by atoms with Gasteiger partial charge in [-0.25, -0.2) is 0 Å². The van der Waals surface area contributed by atoms with Crippen LogP contribution in [0.15, 0.2) is 24.3 Å². The number of aliphatic hydroxyl groups is 1. The molecule has 0 radical (unpaired) electrons. The maximum atomic E-state index is 10.8. The Kier molecular flexibility index (Phi) is 4.23. The lowest BCUT2D eigenvalue weighted by Crippen LogP contribution is -2.33. The molecule has 3 heteroatoms. The Balaban J connectivity index is 1.73. The molecule has 0 saturated carbocycles. The van der Waals surface area contributed by atoms with E-state index in [1.807, 2.05) is 12.1 Å². The van der Waals surface area contributed by atoms with Crippen molar-refractivity contribution in [2.24, 2.45) is 11.8 Å². The summed E-state index contributed by atoms with van der Waals surface area (Å²) < 4.78 is 11.6. The Bertz CT molecular complexity index is 487. The van der Waals surface area contributed by atoms with Gasteiger partial charge in [-0.3, -0.25) is 0 Å². The Morgan fingerprint density at radius 1 is 1.19 bits per heavy atom. The normalized spacial score (nSPS) is 36.9. The van der Waals surface area contributed by atoms with Crippen LogP contribution >= 0.6 is 0 Å². The molecular weight excluding hydrogens is 264 g/mol. The molecule has 3 nitrogen and oxygen atoms in total. The van der Waals surface area contributed by atoms with Crippen molar-refractivity contribution in [1.29, 1.82) is 0 Å². The highest BCUT2D eigenvalue weighted by atomic mass is 16.5. The van der Waals surface area contributed by atoms with Crippen LogP contribution in [-0.4, -0.2) is 30.0 Å². The molecule has 2 aliphatic heterocycles. The predicted molar refractivity (Wildman–Crippen MR) is 82.6 cm³/mol. The maximum Gasteiger partial charge on any atom is 0.122 e. The number of hydrogen-bond donors (Lipinski definition) is 1. The second kappa shape index (κ2) is 5.98. The van der Waals surface area contributed by atoms with Crippen LogP contribution in [-0.2, 0) is 4.74 Å². The Hall–Kier alpha value is -1.06. The van der Waals surface area contributed by atoms with Crippen LogP contribution < -0.4 is 4.74 Å². The minimum absolute atomic E-state index is 0.139. The molecular formula is C18H26O3. The van der Waals surface area contributed by atoms with Crippen molar-refractivity contribution in [3.63, 3.8) is 0 Å². The molecule has 1 aromatic carbocycles. The van der Waals surface area contributed by atoms with Crippen LogP contribution in [0.5, 0.6) is 5.75 Å². The number of para-hydroxylation sites is 1. The summed E-state index contributed by atoms with van der Waals surface area (Å²) in [6.07, 6.45) is 1.85. The summed E-state index contributed by atoms with van der Waals surface area (Å²) in [5, 5.41) is 10.8. The van der Waals surface area contributed by atoms with E-state index in [9.17, 15) is 5.11 Å². The first-order chi connectivity index (χ1) is 10.1. The van der Waals surface area contributed by atoms with E-state index in [0.29, 0.717) is 11.8 Å². The topological polar surface area (TPSA) is 38.7 Å². The molecule has 116 valence electrons. The van der Waals surface area contributed by atoms with Crippen molar-refractivity contribution in [2.45, 2.75) is 57.8 Å². The van der Waals surface area contributed by atoms with Crippen LogP contribution in [0, 0.1) is 11.8 Å². The van der Waals surface area contributed by atoms with Gasteiger partial charge in [-0.05, 0) is 50.2 Å². The van der Waals surface area contributed by atoms with Crippen LogP contribution in [0.1, 0.15) is 45.1 Å². The zero-order valence-corrected chi connectivity index (χ0v) is 13.2. The van der Waals surface area contributed by atoms with Crippen molar-refractivity contribution < 1.29 is 14.6 Å². The number of aliphatic hydroxyl groups excluding tert-OH is 1. The lowest BCUT2D eigenvalue weighted by atomic mass is 9.79. The molecule has 21 heavy (non-hydrogen) atoms. The second-order valence-corrected chi connectivity index (χ2v) is 6.66. The molecule has 6 atom stereocenters. The highest BCUT2D eigenvalue weighted by molar-refractivity contribution is 5.37. The van der Waals surface area contributed by atoms with Crippen LogP contribution in [0.25, 0.3) is 0 Å². The molecule has 0 bridgehead atoms. The van der Waals surface area contributed by atoms with Crippen molar-refractivity contribution in [3.05, 3.63) is 29.8 Å². The van der Waals surface area contributed by atoms with E-state index in [-0.39, 0.29) is 24.2 Å². The number of rotatable bonds is 3. The summed E-state index contributed by atoms with van der Waals surface area (Å²) >= 11 is 0.